The van der Waals surface area contributed by atoms with Crippen molar-refractivity contribution >= 4 is 0 Å². The Morgan fingerprint density at radius 1 is 1.28 bits per heavy atom. The van der Waals surface area contributed by atoms with Crippen LogP contribution in [0.25, 0.3) is 5.69 Å². The normalized spacial score (nSPS) is 11.6. The average molecular weight is 258 g/mol. The number of ether oxygens (including phenoxy) is 1. The second-order valence-electron chi connectivity index (χ2n) is 3.45. The first kappa shape index (κ1) is 12.3. The second-order valence-corrected chi connectivity index (χ2v) is 3.45. The molecule has 8 heteroatoms. The van der Waals surface area contributed by atoms with E-state index in [0.717, 1.165) is 4.68 Å². The van der Waals surface area contributed by atoms with E-state index < -0.39 is 18.4 Å². The Hall–Kier alpha value is -2.12. The maximum atomic E-state index is 13.2. The molecule has 2 rings (SSSR count). The summed E-state index contributed by atoms with van der Waals surface area (Å²) in [5.74, 6) is -4.00. The smallest absolute Gasteiger partial charge is 0.336 e. The van der Waals surface area contributed by atoms with Crippen molar-refractivity contribution in [2.75, 3.05) is 13.8 Å². The van der Waals surface area contributed by atoms with E-state index in [4.69, 9.17) is 4.74 Å². The second kappa shape index (κ2) is 4.63. The van der Waals surface area contributed by atoms with E-state index >= 15 is 0 Å². The zero-order chi connectivity index (χ0) is 13.2. The summed E-state index contributed by atoms with van der Waals surface area (Å²) in [5, 5.41) is 9.72. The van der Waals surface area contributed by atoms with Gasteiger partial charge >= 0.3 is 5.92 Å². The summed E-state index contributed by atoms with van der Waals surface area (Å²) in [7, 11) is 1.48. The molecule has 2 aromatic rings. The summed E-state index contributed by atoms with van der Waals surface area (Å²) in [5.41, 5.74) is 0.295. The average Bonchev–Trinajstić information content (AvgIpc) is 2.89. The minimum atomic E-state index is -3.72. The third kappa shape index (κ3) is 2.13. The van der Waals surface area contributed by atoms with Gasteiger partial charge in [-0.15, -0.1) is 5.10 Å². The first-order valence-electron chi connectivity index (χ1n) is 4.95. The number of halogens is 3. The van der Waals surface area contributed by atoms with Crippen LogP contribution in [-0.2, 0) is 5.92 Å². The van der Waals surface area contributed by atoms with Crippen LogP contribution >= 0.6 is 0 Å². The number of rotatable bonds is 4. The molecule has 96 valence electrons. The molecule has 0 unspecified atom stereocenters. The van der Waals surface area contributed by atoms with Gasteiger partial charge in [-0.2, -0.15) is 13.5 Å². The number of tetrazole rings is 1. The predicted molar refractivity (Wildman–Crippen MR) is 55.6 cm³/mol. The third-order valence-electron chi connectivity index (χ3n) is 2.28. The molecule has 0 amide bonds. The Bertz CT molecular complexity index is 526. The Balaban J connectivity index is 2.42. The largest absolute Gasteiger partial charge is 0.497 e. The van der Waals surface area contributed by atoms with E-state index in [1.807, 2.05) is 0 Å². The van der Waals surface area contributed by atoms with Crippen LogP contribution in [0.5, 0.6) is 5.75 Å². The number of aromatic nitrogens is 4. The molecule has 0 saturated carbocycles. The van der Waals surface area contributed by atoms with E-state index in [-0.39, 0.29) is 0 Å². The summed E-state index contributed by atoms with van der Waals surface area (Å²) in [4.78, 5) is 0. The van der Waals surface area contributed by atoms with Gasteiger partial charge in [0.25, 0.3) is 0 Å². The van der Waals surface area contributed by atoms with E-state index in [9.17, 15) is 13.2 Å². The topological polar surface area (TPSA) is 52.8 Å². The van der Waals surface area contributed by atoms with Crippen molar-refractivity contribution in [1.29, 1.82) is 0 Å². The SMILES string of the molecule is COc1ccc(-n2nnnc2C(F)(F)CF)cc1. The molecule has 0 atom stereocenters. The monoisotopic (exact) mass is 258 g/mol. The summed E-state index contributed by atoms with van der Waals surface area (Å²) >= 11 is 0. The molecule has 1 aromatic heterocycles. The highest BCUT2D eigenvalue weighted by Crippen LogP contribution is 2.27. The molecule has 0 radical (unpaired) electrons. The van der Waals surface area contributed by atoms with Crippen molar-refractivity contribution in [3.63, 3.8) is 0 Å². The fourth-order valence-electron chi connectivity index (χ4n) is 1.37. The maximum Gasteiger partial charge on any atom is 0.336 e. The van der Waals surface area contributed by atoms with Crippen molar-refractivity contribution < 1.29 is 17.9 Å². The van der Waals surface area contributed by atoms with Gasteiger partial charge in [0.15, 0.2) is 6.67 Å². The van der Waals surface area contributed by atoms with Crippen molar-refractivity contribution in [2.45, 2.75) is 5.92 Å². The van der Waals surface area contributed by atoms with E-state index in [0.29, 0.717) is 11.4 Å². The van der Waals surface area contributed by atoms with Gasteiger partial charge in [-0.1, -0.05) is 0 Å². The van der Waals surface area contributed by atoms with Gasteiger partial charge in [-0.05, 0) is 34.7 Å². The van der Waals surface area contributed by atoms with Gasteiger partial charge < -0.3 is 4.74 Å². The van der Waals surface area contributed by atoms with Gasteiger partial charge in [0.2, 0.25) is 5.82 Å². The number of hydrogen-bond acceptors (Lipinski definition) is 4. The number of hydrogen-bond donors (Lipinski definition) is 0. The molecule has 0 aliphatic carbocycles. The highest BCUT2D eigenvalue weighted by atomic mass is 19.3. The molecule has 0 saturated heterocycles. The lowest BCUT2D eigenvalue weighted by molar-refractivity contribution is -0.0385. The molecule has 18 heavy (non-hydrogen) atoms. The molecule has 0 aliphatic rings. The number of alkyl halides is 3. The third-order valence-corrected chi connectivity index (χ3v) is 2.28. The highest BCUT2D eigenvalue weighted by molar-refractivity contribution is 5.37. The predicted octanol–water partition coefficient (Wildman–Crippen LogP) is 1.73. The van der Waals surface area contributed by atoms with Crippen LogP contribution in [0.15, 0.2) is 24.3 Å². The lowest BCUT2D eigenvalue weighted by Gasteiger charge is -2.11. The molecule has 0 bridgehead atoms. The standard InChI is InChI=1S/C10H9F3N4O/c1-18-8-4-2-7(3-5-8)17-9(14-15-16-17)10(12,13)6-11/h2-5H,6H2,1H3. The van der Waals surface area contributed by atoms with Crippen molar-refractivity contribution in [3.05, 3.63) is 30.1 Å². The fraction of sp³-hybridized carbons (Fsp3) is 0.300. The minimum absolute atomic E-state index is 0.295. The lowest BCUT2D eigenvalue weighted by atomic mass is 10.3. The van der Waals surface area contributed by atoms with Crippen LogP contribution in [0.1, 0.15) is 5.82 Å². The highest BCUT2D eigenvalue weighted by Gasteiger charge is 2.38. The summed E-state index contributed by atoms with van der Waals surface area (Å²) in [6, 6.07) is 6.11. The molecule has 0 N–H and O–H groups in total. The summed E-state index contributed by atoms with van der Waals surface area (Å²) < 4.78 is 44.5. The number of methoxy groups -OCH3 is 1. The molecule has 5 nitrogen and oxygen atoms in total. The Morgan fingerprint density at radius 2 is 1.94 bits per heavy atom. The lowest BCUT2D eigenvalue weighted by Crippen LogP contribution is -2.22. The molecule has 0 spiro atoms. The zero-order valence-corrected chi connectivity index (χ0v) is 9.35. The maximum absolute atomic E-state index is 13.2. The van der Waals surface area contributed by atoms with Gasteiger partial charge in [-0.25, -0.2) is 4.39 Å². The molecular weight excluding hydrogens is 249 g/mol. The van der Waals surface area contributed by atoms with Crippen molar-refractivity contribution in [2.24, 2.45) is 0 Å². The van der Waals surface area contributed by atoms with Gasteiger partial charge in [0.1, 0.15) is 5.75 Å². The van der Waals surface area contributed by atoms with Crippen molar-refractivity contribution in [3.8, 4) is 11.4 Å². The first-order chi connectivity index (χ1) is 8.58. The first-order valence-corrected chi connectivity index (χ1v) is 4.95. The summed E-state index contributed by atoms with van der Waals surface area (Å²) in [6.07, 6.45) is 0. The van der Waals surface area contributed by atoms with Crippen LogP contribution < -0.4 is 4.74 Å². The van der Waals surface area contributed by atoms with Gasteiger partial charge in [-0.3, -0.25) is 0 Å². The zero-order valence-electron chi connectivity index (χ0n) is 9.35. The Kier molecular flexibility index (Phi) is 3.17. The minimum Gasteiger partial charge on any atom is -0.497 e. The van der Waals surface area contributed by atoms with Crippen LogP contribution in [0.2, 0.25) is 0 Å². The van der Waals surface area contributed by atoms with E-state index in [1.165, 1.54) is 19.2 Å². The van der Waals surface area contributed by atoms with E-state index in [2.05, 4.69) is 15.5 Å². The Labute approximate surface area is 100 Å². The fourth-order valence-corrected chi connectivity index (χ4v) is 1.37. The van der Waals surface area contributed by atoms with Crippen LogP contribution in [-0.4, -0.2) is 34.0 Å². The molecule has 0 aliphatic heterocycles. The molecule has 1 heterocycles. The van der Waals surface area contributed by atoms with Crippen LogP contribution in [0.4, 0.5) is 13.2 Å². The molecule has 1 aromatic carbocycles. The van der Waals surface area contributed by atoms with E-state index in [1.54, 1.807) is 12.1 Å². The van der Waals surface area contributed by atoms with Gasteiger partial charge in [0, 0.05) is 0 Å². The quantitative estimate of drug-likeness (QED) is 0.838. The van der Waals surface area contributed by atoms with Crippen LogP contribution in [0, 0.1) is 0 Å². The van der Waals surface area contributed by atoms with Gasteiger partial charge in [0.05, 0.1) is 12.8 Å². The number of benzene rings is 1. The summed E-state index contributed by atoms with van der Waals surface area (Å²) in [6.45, 7) is -1.86. The molecular formula is C10H9F3N4O. The molecule has 0 fully saturated rings. The Morgan fingerprint density at radius 3 is 2.50 bits per heavy atom. The van der Waals surface area contributed by atoms with Crippen LogP contribution in [0.3, 0.4) is 0 Å². The van der Waals surface area contributed by atoms with Crippen molar-refractivity contribution in [1.82, 2.24) is 20.2 Å². The number of nitrogens with zero attached hydrogens (tertiary/aromatic N) is 4.